The van der Waals surface area contributed by atoms with Crippen molar-refractivity contribution in [2.75, 3.05) is 5.32 Å². The first-order valence-electron chi connectivity index (χ1n) is 5.24. The van der Waals surface area contributed by atoms with Gasteiger partial charge in [0.2, 0.25) is 0 Å². The Labute approximate surface area is 115 Å². The fourth-order valence-corrected chi connectivity index (χ4v) is 1.88. The molecule has 0 aliphatic carbocycles. The minimum Gasteiger partial charge on any atom is -0.319 e. The van der Waals surface area contributed by atoms with Crippen LogP contribution in [0.4, 0.5) is 5.69 Å². The van der Waals surface area contributed by atoms with Crippen molar-refractivity contribution < 1.29 is 4.79 Å². The van der Waals surface area contributed by atoms with Gasteiger partial charge in [-0.05, 0) is 19.1 Å². The summed E-state index contributed by atoms with van der Waals surface area (Å²) in [5.41, 5.74) is 1.85. The number of nitrogens with zero attached hydrogens (tertiary/aromatic N) is 2. The summed E-state index contributed by atoms with van der Waals surface area (Å²) >= 11 is 11.9. The van der Waals surface area contributed by atoms with Crippen LogP contribution >= 0.6 is 23.2 Å². The van der Waals surface area contributed by atoms with E-state index in [1.165, 1.54) is 0 Å². The molecule has 0 saturated heterocycles. The van der Waals surface area contributed by atoms with Gasteiger partial charge in [0.15, 0.2) is 0 Å². The number of carbonyl (C=O) groups is 1. The van der Waals surface area contributed by atoms with Crippen LogP contribution in [-0.2, 0) is 7.05 Å². The largest absolute Gasteiger partial charge is 0.319 e. The SMILES string of the molecule is Cc1c(NC(=O)c2cccc(Cl)c2Cl)cnn1C. The van der Waals surface area contributed by atoms with Crippen molar-refractivity contribution in [3.63, 3.8) is 0 Å². The predicted octanol–water partition coefficient (Wildman–Crippen LogP) is 3.29. The van der Waals surface area contributed by atoms with E-state index >= 15 is 0 Å². The third-order valence-electron chi connectivity index (χ3n) is 2.68. The van der Waals surface area contributed by atoms with Crippen molar-refractivity contribution in [3.05, 3.63) is 45.7 Å². The lowest BCUT2D eigenvalue weighted by atomic mass is 10.2. The first-order chi connectivity index (χ1) is 8.50. The molecule has 0 radical (unpaired) electrons. The average molecular weight is 284 g/mol. The number of aromatic nitrogens is 2. The quantitative estimate of drug-likeness (QED) is 0.919. The van der Waals surface area contributed by atoms with Crippen LogP contribution in [0.3, 0.4) is 0 Å². The molecule has 4 nitrogen and oxygen atoms in total. The Kier molecular flexibility index (Phi) is 3.59. The fraction of sp³-hybridized carbons (Fsp3) is 0.167. The van der Waals surface area contributed by atoms with Crippen LogP contribution in [0, 0.1) is 6.92 Å². The molecule has 0 fully saturated rings. The second-order valence-corrected chi connectivity index (χ2v) is 4.61. The van der Waals surface area contributed by atoms with Gasteiger partial charge in [0.1, 0.15) is 0 Å². The standard InChI is InChI=1S/C12H11Cl2N3O/c1-7-10(6-15-17(7)2)16-12(18)8-4-3-5-9(13)11(8)14/h3-6H,1-2H3,(H,16,18). The Morgan fingerprint density at radius 1 is 1.39 bits per heavy atom. The number of hydrogen-bond donors (Lipinski definition) is 1. The van der Waals surface area contributed by atoms with Crippen molar-refractivity contribution in [2.45, 2.75) is 6.92 Å². The topological polar surface area (TPSA) is 46.9 Å². The first kappa shape index (κ1) is 12.9. The maximum absolute atomic E-state index is 12.1. The molecule has 0 unspecified atom stereocenters. The minimum absolute atomic E-state index is 0.248. The van der Waals surface area contributed by atoms with E-state index in [9.17, 15) is 4.79 Å². The highest BCUT2D eigenvalue weighted by Gasteiger charge is 2.14. The summed E-state index contributed by atoms with van der Waals surface area (Å²) in [6, 6.07) is 4.93. The highest BCUT2D eigenvalue weighted by Crippen LogP contribution is 2.26. The van der Waals surface area contributed by atoms with E-state index in [1.807, 2.05) is 6.92 Å². The van der Waals surface area contributed by atoms with Gasteiger partial charge in [-0.15, -0.1) is 0 Å². The lowest BCUT2D eigenvalue weighted by Gasteiger charge is -2.07. The van der Waals surface area contributed by atoms with Gasteiger partial charge in [0, 0.05) is 7.05 Å². The molecule has 0 spiro atoms. The number of benzene rings is 1. The summed E-state index contributed by atoms with van der Waals surface area (Å²) in [6.45, 7) is 1.86. The second kappa shape index (κ2) is 5.00. The lowest BCUT2D eigenvalue weighted by Crippen LogP contribution is -2.13. The van der Waals surface area contributed by atoms with Gasteiger partial charge in [-0.2, -0.15) is 5.10 Å². The molecule has 1 aromatic carbocycles. The van der Waals surface area contributed by atoms with E-state index in [-0.39, 0.29) is 10.9 Å². The highest BCUT2D eigenvalue weighted by molar-refractivity contribution is 6.44. The number of hydrogen-bond acceptors (Lipinski definition) is 2. The van der Waals surface area contributed by atoms with E-state index in [4.69, 9.17) is 23.2 Å². The molecule has 1 heterocycles. The molecule has 0 aliphatic rings. The number of aryl methyl sites for hydroxylation is 1. The molecule has 0 saturated carbocycles. The Morgan fingerprint density at radius 2 is 2.11 bits per heavy atom. The van der Waals surface area contributed by atoms with Crippen molar-refractivity contribution in [2.24, 2.45) is 7.05 Å². The van der Waals surface area contributed by atoms with Crippen molar-refractivity contribution in [1.82, 2.24) is 9.78 Å². The van der Waals surface area contributed by atoms with Crippen LogP contribution in [0.5, 0.6) is 0 Å². The molecule has 6 heteroatoms. The summed E-state index contributed by atoms with van der Waals surface area (Å²) in [5.74, 6) is -0.307. The van der Waals surface area contributed by atoms with Gasteiger partial charge in [0.25, 0.3) is 5.91 Å². The second-order valence-electron chi connectivity index (χ2n) is 3.82. The molecule has 0 atom stereocenters. The monoisotopic (exact) mass is 283 g/mol. The molecule has 2 aromatic rings. The zero-order valence-corrected chi connectivity index (χ0v) is 11.4. The van der Waals surface area contributed by atoms with Gasteiger partial charge in [-0.3, -0.25) is 9.48 Å². The van der Waals surface area contributed by atoms with E-state index in [0.717, 1.165) is 5.69 Å². The number of anilines is 1. The van der Waals surface area contributed by atoms with Gasteiger partial charge < -0.3 is 5.32 Å². The van der Waals surface area contributed by atoms with Crippen molar-refractivity contribution in [1.29, 1.82) is 0 Å². The Morgan fingerprint density at radius 3 is 2.72 bits per heavy atom. The van der Waals surface area contributed by atoms with Crippen LogP contribution in [0.25, 0.3) is 0 Å². The molecule has 1 amide bonds. The van der Waals surface area contributed by atoms with Crippen molar-refractivity contribution >= 4 is 34.8 Å². The maximum atomic E-state index is 12.1. The molecule has 2 rings (SSSR count). The van der Waals surface area contributed by atoms with E-state index in [0.29, 0.717) is 16.3 Å². The normalized spacial score (nSPS) is 10.4. The Balaban J connectivity index is 2.28. The number of nitrogens with one attached hydrogen (secondary N) is 1. The van der Waals surface area contributed by atoms with E-state index in [2.05, 4.69) is 10.4 Å². The molecule has 0 aliphatic heterocycles. The van der Waals surface area contributed by atoms with Crippen LogP contribution < -0.4 is 5.32 Å². The molecule has 94 valence electrons. The molecule has 18 heavy (non-hydrogen) atoms. The summed E-state index contributed by atoms with van der Waals surface area (Å²) in [4.78, 5) is 12.1. The third kappa shape index (κ3) is 2.35. The van der Waals surface area contributed by atoms with Gasteiger partial charge in [-0.1, -0.05) is 29.3 Å². The highest BCUT2D eigenvalue weighted by atomic mass is 35.5. The predicted molar refractivity (Wildman–Crippen MR) is 72.4 cm³/mol. The average Bonchev–Trinajstić information content (AvgIpc) is 2.64. The molecule has 1 aromatic heterocycles. The number of halogens is 2. The minimum atomic E-state index is -0.307. The summed E-state index contributed by atoms with van der Waals surface area (Å²) in [5, 5.41) is 7.40. The summed E-state index contributed by atoms with van der Waals surface area (Å²) in [7, 11) is 1.80. The van der Waals surface area contributed by atoms with Crippen LogP contribution in [0.2, 0.25) is 10.0 Å². The smallest absolute Gasteiger partial charge is 0.257 e. The third-order valence-corrected chi connectivity index (χ3v) is 3.50. The fourth-order valence-electron chi connectivity index (χ4n) is 1.49. The molecular weight excluding hydrogens is 273 g/mol. The summed E-state index contributed by atoms with van der Waals surface area (Å²) < 4.78 is 1.68. The van der Waals surface area contributed by atoms with Crippen LogP contribution in [0.15, 0.2) is 24.4 Å². The van der Waals surface area contributed by atoms with Gasteiger partial charge in [0.05, 0.1) is 33.2 Å². The number of carbonyl (C=O) groups excluding carboxylic acids is 1. The van der Waals surface area contributed by atoms with E-state index < -0.39 is 0 Å². The number of amides is 1. The van der Waals surface area contributed by atoms with E-state index in [1.54, 1.807) is 36.1 Å². The van der Waals surface area contributed by atoms with Crippen LogP contribution in [0.1, 0.15) is 16.1 Å². The zero-order chi connectivity index (χ0) is 13.3. The van der Waals surface area contributed by atoms with Gasteiger partial charge >= 0.3 is 0 Å². The molecular formula is C12H11Cl2N3O. The lowest BCUT2D eigenvalue weighted by molar-refractivity contribution is 0.102. The maximum Gasteiger partial charge on any atom is 0.257 e. The summed E-state index contributed by atoms with van der Waals surface area (Å²) in [6.07, 6.45) is 1.59. The first-order valence-corrected chi connectivity index (χ1v) is 6.00. The molecule has 1 N–H and O–H groups in total. The van der Waals surface area contributed by atoms with Crippen molar-refractivity contribution in [3.8, 4) is 0 Å². The Hall–Kier alpha value is -1.52. The van der Waals surface area contributed by atoms with Crippen LogP contribution in [-0.4, -0.2) is 15.7 Å². The molecule has 0 bridgehead atoms. The van der Waals surface area contributed by atoms with Gasteiger partial charge in [-0.25, -0.2) is 0 Å². The number of rotatable bonds is 2. The Bertz CT molecular complexity index is 607. The zero-order valence-electron chi connectivity index (χ0n) is 9.87.